The van der Waals surface area contributed by atoms with Gasteiger partial charge < -0.3 is 25.2 Å². The molecule has 200 valence electrons. The fourth-order valence-corrected chi connectivity index (χ4v) is 5.49. The fourth-order valence-electron chi connectivity index (χ4n) is 5.49. The first-order valence-corrected chi connectivity index (χ1v) is 13.0. The molecule has 2 aliphatic heterocycles. The summed E-state index contributed by atoms with van der Waals surface area (Å²) in [6, 6.07) is 12.1. The molecule has 0 unspecified atom stereocenters. The van der Waals surface area contributed by atoms with E-state index >= 15 is 0 Å². The zero-order valence-corrected chi connectivity index (χ0v) is 21.5. The maximum Gasteiger partial charge on any atom is 0.185 e. The van der Waals surface area contributed by atoms with Crippen LogP contribution in [0.3, 0.4) is 0 Å². The number of methoxy groups -OCH3 is 1. The topological polar surface area (TPSA) is 111 Å². The largest absolute Gasteiger partial charge is 0.496 e. The monoisotopic (exact) mass is 520 g/mol. The molecule has 38 heavy (non-hydrogen) atoms. The van der Waals surface area contributed by atoms with Crippen LogP contribution in [0.4, 0.5) is 10.1 Å². The number of nitrogens with zero attached hydrogens (tertiary/aromatic N) is 3. The summed E-state index contributed by atoms with van der Waals surface area (Å²) < 4.78 is 25.5. The van der Waals surface area contributed by atoms with Crippen LogP contribution in [0.15, 0.2) is 48.7 Å². The van der Waals surface area contributed by atoms with Gasteiger partial charge in [-0.15, -0.1) is 0 Å². The molecular weight excluding hydrogens is 487 g/mol. The minimum atomic E-state index is -0.527. The lowest BCUT2D eigenvalue weighted by molar-refractivity contribution is 0.0853. The standard InChI is InChI=1S/C29H33FN4O4/c1-37-27-4-2-3-23(30)28(27)29-32-10-7-24(33-29)26(36)14-20-6-5-19(18-8-11-38-12-9-18)13-25(20)34-16-21(31)15-22(34)17-35/h2-7,10,13,18,21-22,35H,8-9,11-12,14-17,31H2,1H3/t21-,22-/m0/s1. The molecule has 0 amide bonds. The number of nitrogens with two attached hydrogens (primary N) is 1. The van der Waals surface area contributed by atoms with Gasteiger partial charge in [0.1, 0.15) is 17.3 Å². The third-order valence-corrected chi connectivity index (χ3v) is 7.48. The normalized spacial score (nSPS) is 20.1. The third-order valence-electron chi connectivity index (χ3n) is 7.48. The molecule has 0 spiro atoms. The molecule has 1 aromatic heterocycles. The summed E-state index contributed by atoms with van der Waals surface area (Å²) >= 11 is 0. The van der Waals surface area contributed by atoms with Crippen molar-refractivity contribution in [1.29, 1.82) is 0 Å². The van der Waals surface area contributed by atoms with Crippen LogP contribution in [0, 0.1) is 5.82 Å². The van der Waals surface area contributed by atoms with E-state index < -0.39 is 5.82 Å². The number of hydrogen-bond donors (Lipinski definition) is 2. The van der Waals surface area contributed by atoms with E-state index in [1.807, 2.05) is 6.07 Å². The van der Waals surface area contributed by atoms with Gasteiger partial charge in [-0.05, 0) is 60.6 Å². The minimum Gasteiger partial charge on any atom is -0.496 e. The second kappa shape index (κ2) is 11.6. The number of aliphatic hydroxyl groups is 1. The molecular formula is C29H33FN4O4. The van der Waals surface area contributed by atoms with Gasteiger partial charge in [0.05, 0.1) is 25.3 Å². The van der Waals surface area contributed by atoms with Crippen molar-refractivity contribution < 1.29 is 23.8 Å². The summed E-state index contributed by atoms with van der Waals surface area (Å²) in [5.74, 6) is 0.0254. The molecule has 3 heterocycles. The van der Waals surface area contributed by atoms with E-state index in [4.69, 9.17) is 15.2 Å². The molecule has 2 atom stereocenters. The molecule has 2 fully saturated rings. The number of aromatic nitrogens is 2. The highest BCUT2D eigenvalue weighted by atomic mass is 19.1. The van der Waals surface area contributed by atoms with Gasteiger partial charge in [-0.25, -0.2) is 14.4 Å². The predicted octanol–water partition coefficient (Wildman–Crippen LogP) is 3.51. The SMILES string of the molecule is COc1cccc(F)c1-c1nccc(C(=O)Cc2ccc(C3CCOCC3)cc2N2C[C@@H](N)C[C@H]2CO)n1. The lowest BCUT2D eigenvalue weighted by Gasteiger charge is -2.30. The van der Waals surface area contributed by atoms with E-state index in [1.165, 1.54) is 31.0 Å². The number of halogens is 1. The molecule has 2 aromatic carbocycles. The number of benzene rings is 2. The van der Waals surface area contributed by atoms with Gasteiger partial charge in [-0.1, -0.05) is 18.2 Å². The van der Waals surface area contributed by atoms with Crippen LogP contribution in [0.25, 0.3) is 11.4 Å². The highest BCUT2D eigenvalue weighted by molar-refractivity contribution is 5.97. The Morgan fingerprint density at radius 1 is 1.24 bits per heavy atom. The van der Waals surface area contributed by atoms with Gasteiger partial charge in [0.2, 0.25) is 0 Å². The van der Waals surface area contributed by atoms with Gasteiger partial charge in [0.15, 0.2) is 11.6 Å². The van der Waals surface area contributed by atoms with Crippen molar-refractivity contribution in [1.82, 2.24) is 9.97 Å². The lowest BCUT2D eigenvalue weighted by Crippen LogP contribution is -2.34. The van der Waals surface area contributed by atoms with Crippen LogP contribution in [-0.2, 0) is 11.2 Å². The fraction of sp³-hybridized carbons (Fsp3) is 0.414. The molecule has 2 aliphatic rings. The summed E-state index contributed by atoms with van der Waals surface area (Å²) in [6.07, 6.45) is 4.13. The number of Topliss-reactive ketones (excluding diaryl/α,β-unsaturated/α-hetero) is 1. The number of rotatable bonds is 8. The summed E-state index contributed by atoms with van der Waals surface area (Å²) in [7, 11) is 1.45. The number of carbonyl (C=O) groups is 1. The molecule has 0 aliphatic carbocycles. The Hall–Kier alpha value is -3.40. The number of carbonyl (C=O) groups excluding carboxylic acids is 1. The van der Waals surface area contributed by atoms with Crippen molar-refractivity contribution in [3.63, 3.8) is 0 Å². The van der Waals surface area contributed by atoms with Crippen molar-refractivity contribution in [2.75, 3.05) is 38.4 Å². The Kier molecular flexibility index (Phi) is 7.97. The van der Waals surface area contributed by atoms with Crippen LogP contribution < -0.4 is 15.4 Å². The van der Waals surface area contributed by atoms with Gasteiger partial charge in [0, 0.05) is 44.1 Å². The molecule has 0 radical (unpaired) electrons. The predicted molar refractivity (Wildman–Crippen MR) is 142 cm³/mol. The smallest absolute Gasteiger partial charge is 0.185 e. The Labute approximate surface area is 221 Å². The zero-order valence-electron chi connectivity index (χ0n) is 21.5. The number of hydrogen-bond acceptors (Lipinski definition) is 8. The molecule has 3 N–H and O–H groups in total. The Bertz CT molecular complexity index is 1300. The van der Waals surface area contributed by atoms with Crippen LogP contribution in [0.1, 0.15) is 46.8 Å². The second-order valence-electron chi connectivity index (χ2n) is 9.94. The number of anilines is 1. The zero-order chi connectivity index (χ0) is 26.6. The van der Waals surface area contributed by atoms with Crippen LogP contribution >= 0.6 is 0 Å². The molecule has 9 heteroatoms. The van der Waals surface area contributed by atoms with E-state index in [2.05, 4.69) is 27.0 Å². The van der Waals surface area contributed by atoms with Gasteiger partial charge in [0.25, 0.3) is 0 Å². The first-order valence-electron chi connectivity index (χ1n) is 13.0. The summed E-state index contributed by atoms with van der Waals surface area (Å²) in [5.41, 5.74) is 9.52. The summed E-state index contributed by atoms with van der Waals surface area (Å²) in [4.78, 5) is 24.2. The summed E-state index contributed by atoms with van der Waals surface area (Å²) in [5, 5.41) is 10.0. The highest BCUT2D eigenvalue weighted by Gasteiger charge is 2.32. The quantitative estimate of drug-likeness (QED) is 0.434. The van der Waals surface area contributed by atoms with E-state index in [-0.39, 0.29) is 48.0 Å². The van der Waals surface area contributed by atoms with E-state index in [9.17, 15) is 14.3 Å². The van der Waals surface area contributed by atoms with Crippen LogP contribution in [0.2, 0.25) is 0 Å². The van der Waals surface area contributed by atoms with E-state index in [0.29, 0.717) is 24.6 Å². The number of ether oxygens (including phenoxy) is 2. The van der Waals surface area contributed by atoms with E-state index in [1.54, 1.807) is 12.1 Å². The van der Waals surface area contributed by atoms with Crippen molar-refractivity contribution in [3.8, 4) is 17.1 Å². The van der Waals surface area contributed by atoms with Crippen molar-refractivity contribution in [2.45, 2.75) is 43.7 Å². The van der Waals surface area contributed by atoms with Crippen LogP contribution in [0.5, 0.6) is 5.75 Å². The Morgan fingerprint density at radius 2 is 2.05 bits per heavy atom. The first-order chi connectivity index (χ1) is 18.5. The lowest BCUT2D eigenvalue weighted by atomic mass is 9.89. The molecule has 0 saturated carbocycles. The molecule has 0 bridgehead atoms. The second-order valence-corrected chi connectivity index (χ2v) is 9.94. The van der Waals surface area contributed by atoms with Crippen LogP contribution in [-0.4, -0.2) is 66.4 Å². The average molecular weight is 521 g/mol. The van der Waals surface area contributed by atoms with Crippen molar-refractivity contribution in [3.05, 3.63) is 71.3 Å². The van der Waals surface area contributed by atoms with Crippen molar-refractivity contribution in [2.24, 2.45) is 5.73 Å². The van der Waals surface area contributed by atoms with E-state index in [0.717, 1.165) is 37.3 Å². The molecule has 2 saturated heterocycles. The third kappa shape index (κ3) is 5.41. The van der Waals surface area contributed by atoms with Crippen molar-refractivity contribution >= 4 is 11.5 Å². The van der Waals surface area contributed by atoms with Gasteiger partial charge in [-0.3, -0.25) is 4.79 Å². The number of ketones is 1. The first kappa shape index (κ1) is 26.2. The molecule has 8 nitrogen and oxygen atoms in total. The summed E-state index contributed by atoms with van der Waals surface area (Å²) in [6.45, 7) is 2.06. The Balaban J connectivity index is 1.47. The molecule has 5 rings (SSSR count). The minimum absolute atomic E-state index is 0.0116. The maximum atomic E-state index is 14.6. The molecule has 3 aromatic rings. The van der Waals surface area contributed by atoms with Gasteiger partial charge >= 0.3 is 0 Å². The average Bonchev–Trinajstić information content (AvgIpc) is 3.34. The van der Waals surface area contributed by atoms with Gasteiger partial charge in [-0.2, -0.15) is 0 Å². The highest BCUT2D eigenvalue weighted by Crippen LogP contribution is 2.35. The maximum absolute atomic E-state index is 14.6. The Morgan fingerprint density at radius 3 is 2.82 bits per heavy atom. The number of aliphatic hydroxyl groups excluding tert-OH is 1.